The molecule has 1 amide bonds. The molecule has 1 unspecified atom stereocenters. The van der Waals surface area contributed by atoms with E-state index in [1.807, 2.05) is 11.1 Å². The summed E-state index contributed by atoms with van der Waals surface area (Å²) in [5.41, 5.74) is 5.35. The number of H-pyrrole nitrogens is 1. The number of nitrogens with zero attached hydrogens (tertiary/aromatic N) is 2. The molecule has 2 heterocycles. The Hall–Kier alpha value is -1.36. The van der Waals surface area contributed by atoms with E-state index in [1.165, 1.54) is 0 Å². The molecule has 82 valence electrons. The summed E-state index contributed by atoms with van der Waals surface area (Å²) >= 11 is 0. The van der Waals surface area contributed by atoms with E-state index in [1.54, 1.807) is 6.20 Å². The topological polar surface area (TPSA) is 75.0 Å². The van der Waals surface area contributed by atoms with E-state index in [4.69, 9.17) is 5.73 Å². The van der Waals surface area contributed by atoms with Crippen molar-refractivity contribution in [3.05, 3.63) is 18.2 Å². The smallest absolute Gasteiger partial charge is 0.236 e. The molecule has 1 saturated heterocycles. The third-order valence-electron chi connectivity index (χ3n) is 2.85. The Balaban J connectivity index is 2.01. The van der Waals surface area contributed by atoms with Crippen molar-refractivity contribution in [3.63, 3.8) is 0 Å². The van der Waals surface area contributed by atoms with Gasteiger partial charge in [-0.3, -0.25) is 4.79 Å². The van der Waals surface area contributed by atoms with Crippen LogP contribution in [0.25, 0.3) is 0 Å². The van der Waals surface area contributed by atoms with Gasteiger partial charge in [0.2, 0.25) is 5.91 Å². The minimum atomic E-state index is 0.0336. The predicted octanol–water partition coefficient (Wildman–Crippen LogP) is 0.0744. The fourth-order valence-corrected chi connectivity index (χ4v) is 2.06. The van der Waals surface area contributed by atoms with E-state index in [9.17, 15) is 4.79 Å². The number of nitrogens with two attached hydrogens (primary N) is 1. The molecule has 1 aliphatic heterocycles. The lowest BCUT2D eigenvalue weighted by Crippen LogP contribution is -2.42. The van der Waals surface area contributed by atoms with E-state index in [0.717, 1.165) is 31.8 Å². The van der Waals surface area contributed by atoms with Gasteiger partial charge in [0, 0.05) is 31.4 Å². The van der Waals surface area contributed by atoms with Crippen LogP contribution in [0.3, 0.4) is 0 Å². The molecule has 5 nitrogen and oxygen atoms in total. The second-order valence-electron chi connectivity index (χ2n) is 3.86. The van der Waals surface area contributed by atoms with Crippen molar-refractivity contribution in [2.45, 2.75) is 18.8 Å². The zero-order valence-electron chi connectivity index (χ0n) is 8.65. The molecule has 1 atom stereocenters. The number of nitrogens with one attached hydrogen (secondary N) is 1. The van der Waals surface area contributed by atoms with Crippen molar-refractivity contribution < 1.29 is 4.79 Å². The molecule has 3 N–H and O–H groups in total. The first-order chi connectivity index (χ1) is 7.31. The van der Waals surface area contributed by atoms with Gasteiger partial charge in [0.25, 0.3) is 0 Å². The lowest BCUT2D eigenvalue weighted by Gasteiger charge is -2.31. The van der Waals surface area contributed by atoms with E-state index < -0.39 is 0 Å². The Morgan fingerprint density at radius 1 is 1.73 bits per heavy atom. The lowest BCUT2D eigenvalue weighted by atomic mass is 9.97. The largest absolute Gasteiger partial charge is 0.348 e. The van der Waals surface area contributed by atoms with Gasteiger partial charge in [-0.05, 0) is 12.8 Å². The minimum absolute atomic E-state index is 0.0336. The quantitative estimate of drug-likeness (QED) is 0.722. The van der Waals surface area contributed by atoms with Crippen LogP contribution in [0.15, 0.2) is 12.4 Å². The van der Waals surface area contributed by atoms with Gasteiger partial charge in [0.05, 0.1) is 6.54 Å². The van der Waals surface area contributed by atoms with Crippen LogP contribution in [0.5, 0.6) is 0 Å². The minimum Gasteiger partial charge on any atom is -0.348 e. The number of aromatic amines is 1. The number of piperidine rings is 1. The highest BCUT2D eigenvalue weighted by Crippen LogP contribution is 2.23. The second-order valence-corrected chi connectivity index (χ2v) is 3.86. The molecule has 1 aliphatic rings. The van der Waals surface area contributed by atoms with Crippen LogP contribution >= 0.6 is 0 Å². The fraction of sp³-hybridized carbons (Fsp3) is 0.600. The standard InChI is InChI=1S/C10H16N4O/c11-6-9(15)14-5-1-2-8(7-14)10-12-3-4-13-10/h3-4,8H,1-2,5-7,11H2,(H,12,13). The summed E-state index contributed by atoms with van der Waals surface area (Å²) in [4.78, 5) is 20.6. The number of likely N-dealkylation sites (tertiary alicyclic amines) is 1. The first-order valence-electron chi connectivity index (χ1n) is 5.28. The number of hydrogen-bond donors (Lipinski definition) is 2. The van der Waals surface area contributed by atoms with E-state index in [2.05, 4.69) is 9.97 Å². The fourth-order valence-electron chi connectivity index (χ4n) is 2.06. The third-order valence-corrected chi connectivity index (χ3v) is 2.85. The molecule has 0 bridgehead atoms. The summed E-state index contributed by atoms with van der Waals surface area (Å²) < 4.78 is 0. The highest BCUT2D eigenvalue weighted by Gasteiger charge is 2.25. The second kappa shape index (κ2) is 4.44. The van der Waals surface area contributed by atoms with Gasteiger partial charge < -0.3 is 15.6 Å². The van der Waals surface area contributed by atoms with Crippen molar-refractivity contribution in [2.75, 3.05) is 19.6 Å². The molecule has 0 spiro atoms. The monoisotopic (exact) mass is 208 g/mol. The average Bonchev–Trinajstić information content (AvgIpc) is 2.82. The number of rotatable bonds is 2. The Morgan fingerprint density at radius 2 is 2.60 bits per heavy atom. The first-order valence-corrected chi connectivity index (χ1v) is 5.28. The van der Waals surface area contributed by atoms with Crippen molar-refractivity contribution in [1.82, 2.24) is 14.9 Å². The zero-order chi connectivity index (χ0) is 10.7. The highest BCUT2D eigenvalue weighted by molar-refractivity contribution is 5.78. The number of aromatic nitrogens is 2. The highest BCUT2D eigenvalue weighted by atomic mass is 16.2. The molecule has 15 heavy (non-hydrogen) atoms. The molecule has 0 aliphatic carbocycles. The van der Waals surface area contributed by atoms with Crippen LogP contribution < -0.4 is 5.73 Å². The molecule has 1 aromatic rings. The van der Waals surface area contributed by atoms with E-state index in [0.29, 0.717) is 5.92 Å². The zero-order valence-corrected chi connectivity index (χ0v) is 8.65. The molecule has 0 saturated carbocycles. The number of hydrogen-bond acceptors (Lipinski definition) is 3. The summed E-state index contributed by atoms with van der Waals surface area (Å²) in [6, 6.07) is 0. The molecule has 5 heteroatoms. The number of carbonyl (C=O) groups excluding carboxylic acids is 1. The Bertz CT molecular complexity index is 322. The van der Waals surface area contributed by atoms with Gasteiger partial charge in [-0.25, -0.2) is 4.98 Å². The SMILES string of the molecule is NCC(=O)N1CCCC(c2ncc[nH]2)C1. The molecule has 0 aromatic carbocycles. The predicted molar refractivity (Wildman–Crippen MR) is 56.2 cm³/mol. The molecular weight excluding hydrogens is 192 g/mol. The van der Waals surface area contributed by atoms with Crippen molar-refractivity contribution in [1.29, 1.82) is 0 Å². The van der Waals surface area contributed by atoms with Crippen LogP contribution in [0.4, 0.5) is 0 Å². The van der Waals surface area contributed by atoms with Crippen LogP contribution in [-0.4, -0.2) is 40.4 Å². The summed E-state index contributed by atoms with van der Waals surface area (Å²) in [5.74, 6) is 1.35. The van der Waals surface area contributed by atoms with Gasteiger partial charge in [-0.2, -0.15) is 0 Å². The third kappa shape index (κ3) is 2.18. The molecule has 0 radical (unpaired) electrons. The number of amides is 1. The van der Waals surface area contributed by atoms with Gasteiger partial charge in [0.1, 0.15) is 5.82 Å². The van der Waals surface area contributed by atoms with E-state index in [-0.39, 0.29) is 12.5 Å². The Labute approximate surface area is 88.7 Å². The first kappa shape index (κ1) is 10.2. The van der Waals surface area contributed by atoms with Crippen LogP contribution in [0.1, 0.15) is 24.6 Å². The number of imidazole rings is 1. The maximum absolute atomic E-state index is 11.5. The maximum Gasteiger partial charge on any atom is 0.236 e. The average molecular weight is 208 g/mol. The van der Waals surface area contributed by atoms with Gasteiger partial charge in [0.15, 0.2) is 0 Å². The van der Waals surface area contributed by atoms with Gasteiger partial charge >= 0.3 is 0 Å². The molecule has 1 aromatic heterocycles. The van der Waals surface area contributed by atoms with Crippen LogP contribution in [0.2, 0.25) is 0 Å². The van der Waals surface area contributed by atoms with Gasteiger partial charge in [-0.15, -0.1) is 0 Å². The lowest BCUT2D eigenvalue weighted by molar-refractivity contribution is -0.130. The van der Waals surface area contributed by atoms with Crippen molar-refractivity contribution in [2.24, 2.45) is 5.73 Å². The summed E-state index contributed by atoms with van der Waals surface area (Å²) in [5, 5.41) is 0. The molecule has 2 rings (SSSR count). The normalized spacial score (nSPS) is 21.7. The summed E-state index contributed by atoms with van der Waals surface area (Å²) in [6.45, 7) is 1.67. The van der Waals surface area contributed by atoms with Crippen molar-refractivity contribution in [3.8, 4) is 0 Å². The Kier molecular flexibility index (Phi) is 3.01. The van der Waals surface area contributed by atoms with Crippen molar-refractivity contribution >= 4 is 5.91 Å². The van der Waals surface area contributed by atoms with E-state index >= 15 is 0 Å². The number of carbonyl (C=O) groups is 1. The Morgan fingerprint density at radius 3 is 3.27 bits per heavy atom. The summed E-state index contributed by atoms with van der Waals surface area (Å²) in [6.07, 6.45) is 5.68. The summed E-state index contributed by atoms with van der Waals surface area (Å²) in [7, 11) is 0. The maximum atomic E-state index is 11.5. The molecule has 1 fully saturated rings. The van der Waals surface area contributed by atoms with Crippen LogP contribution in [0, 0.1) is 0 Å². The molecular formula is C10H16N4O. The van der Waals surface area contributed by atoms with Crippen LogP contribution in [-0.2, 0) is 4.79 Å². The van der Waals surface area contributed by atoms with Gasteiger partial charge in [-0.1, -0.05) is 0 Å².